The summed E-state index contributed by atoms with van der Waals surface area (Å²) in [7, 11) is 0. The summed E-state index contributed by atoms with van der Waals surface area (Å²) >= 11 is 5.89. The summed E-state index contributed by atoms with van der Waals surface area (Å²) < 4.78 is 5.39. The number of para-hydroxylation sites is 1. The van der Waals surface area contributed by atoms with E-state index in [1.807, 2.05) is 18.2 Å². The van der Waals surface area contributed by atoms with Gasteiger partial charge in [0.2, 0.25) is 0 Å². The minimum atomic E-state index is -0.145. The molecule has 0 radical (unpaired) electrons. The Morgan fingerprint density at radius 2 is 2.12 bits per heavy atom. The van der Waals surface area contributed by atoms with Crippen LogP contribution in [0.4, 0.5) is 5.69 Å². The second-order valence-corrected chi connectivity index (χ2v) is 6.18. The number of pyridine rings is 1. The van der Waals surface area contributed by atoms with Crippen molar-refractivity contribution in [3.63, 3.8) is 0 Å². The number of hydrogen-bond donors (Lipinski definition) is 1. The quantitative estimate of drug-likeness (QED) is 0.818. The van der Waals surface area contributed by atoms with E-state index in [1.54, 1.807) is 18.3 Å². The molecule has 2 aromatic rings. The molecular formula is C18H20ClN3O2. The van der Waals surface area contributed by atoms with Gasteiger partial charge in [0.1, 0.15) is 0 Å². The van der Waals surface area contributed by atoms with E-state index in [-0.39, 0.29) is 17.7 Å². The van der Waals surface area contributed by atoms with Crippen LogP contribution in [0, 0.1) is 5.92 Å². The van der Waals surface area contributed by atoms with Gasteiger partial charge in [-0.25, -0.2) is 4.98 Å². The van der Waals surface area contributed by atoms with Crippen LogP contribution in [0.2, 0.25) is 5.15 Å². The van der Waals surface area contributed by atoms with E-state index < -0.39 is 0 Å². The number of nitrogens with one attached hydrogen (secondary N) is 1. The molecule has 0 aliphatic carbocycles. The molecule has 1 aliphatic rings. The van der Waals surface area contributed by atoms with E-state index in [0.29, 0.717) is 18.2 Å². The lowest BCUT2D eigenvalue weighted by molar-refractivity contribution is -0.123. The number of halogens is 1. The van der Waals surface area contributed by atoms with Crippen LogP contribution in [0.15, 0.2) is 48.7 Å². The van der Waals surface area contributed by atoms with E-state index in [9.17, 15) is 4.79 Å². The summed E-state index contributed by atoms with van der Waals surface area (Å²) in [6.07, 6.45) is 2.65. The lowest BCUT2D eigenvalue weighted by Crippen LogP contribution is -2.34. The van der Waals surface area contributed by atoms with Gasteiger partial charge in [-0.2, -0.15) is 0 Å². The first kappa shape index (κ1) is 16.6. The second kappa shape index (κ2) is 8.02. The number of carbonyl (C=O) groups excluding carboxylic acids is 1. The van der Waals surface area contributed by atoms with Gasteiger partial charge < -0.3 is 15.0 Å². The molecule has 6 heteroatoms. The molecule has 0 saturated carbocycles. The third-order valence-corrected chi connectivity index (χ3v) is 4.36. The topological polar surface area (TPSA) is 54.5 Å². The maximum absolute atomic E-state index is 11.9. The summed E-state index contributed by atoms with van der Waals surface area (Å²) in [5, 5.41) is 3.20. The van der Waals surface area contributed by atoms with Crippen LogP contribution in [-0.4, -0.2) is 37.1 Å². The highest BCUT2D eigenvalue weighted by Gasteiger charge is 2.23. The van der Waals surface area contributed by atoms with Crippen molar-refractivity contribution in [1.82, 2.24) is 10.3 Å². The van der Waals surface area contributed by atoms with Crippen LogP contribution in [-0.2, 0) is 4.79 Å². The van der Waals surface area contributed by atoms with Gasteiger partial charge >= 0.3 is 0 Å². The Balaban J connectivity index is 1.40. The summed E-state index contributed by atoms with van der Waals surface area (Å²) in [5.41, 5.74) is 1.24. The van der Waals surface area contributed by atoms with Crippen molar-refractivity contribution in [2.24, 2.45) is 5.92 Å². The Labute approximate surface area is 146 Å². The van der Waals surface area contributed by atoms with Gasteiger partial charge in [-0.1, -0.05) is 29.8 Å². The van der Waals surface area contributed by atoms with E-state index in [1.165, 1.54) is 5.69 Å². The Morgan fingerprint density at radius 1 is 1.29 bits per heavy atom. The Bertz CT molecular complexity index is 681. The summed E-state index contributed by atoms with van der Waals surface area (Å²) in [6.45, 7) is 2.58. The first-order chi connectivity index (χ1) is 11.7. The first-order valence-corrected chi connectivity index (χ1v) is 8.40. The number of nitrogens with zero attached hydrogens (tertiary/aromatic N) is 2. The third-order valence-electron chi connectivity index (χ3n) is 4.08. The van der Waals surface area contributed by atoms with Crippen molar-refractivity contribution in [3.8, 4) is 5.75 Å². The van der Waals surface area contributed by atoms with Crippen LogP contribution in [0.25, 0.3) is 0 Å². The molecular weight excluding hydrogens is 326 g/mol. The van der Waals surface area contributed by atoms with Gasteiger partial charge in [0.25, 0.3) is 5.91 Å². The summed E-state index contributed by atoms with van der Waals surface area (Å²) in [4.78, 5) is 18.2. The number of ether oxygens (including phenoxy) is 1. The molecule has 0 unspecified atom stereocenters. The molecule has 1 aromatic carbocycles. The van der Waals surface area contributed by atoms with Crippen LogP contribution >= 0.6 is 11.6 Å². The fourth-order valence-corrected chi connectivity index (χ4v) is 2.98. The van der Waals surface area contributed by atoms with Gasteiger partial charge in [0.15, 0.2) is 17.5 Å². The van der Waals surface area contributed by atoms with Crippen molar-refractivity contribution in [2.45, 2.75) is 6.42 Å². The SMILES string of the molecule is O=C(COc1cccnc1Cl)NC[C@@H]1CCN(c2ccccc2)C1. The average molecular weight is 346 g/mol. The van der Waals surface area contributed by atoms with Gasteiger partial charge in [-0.3, -0.25) is 4.79 Å². The van der Waals surface area contributed by atoms with Crippen LogP contribution in [0.3, 0.4) is 0 Å². The largest absolute Gasteiger partial charge is 0.481 e. The highest BCUT2D eigenvalue weighted by Crippen LogP contribution is 2.23. The van der Waals surface area contributed by atoms with Gasteiger partial charge in [-0.15, -0.1) is 0 Å². The normalized spacial score (nSPS) is 16.9. The fourth-order valence-electron chi connectivity index (χ4n) is 2.80. The number of anilines is 1. The molecule has 2 heterocycles. The Kier molecular flexibility index (Phi) is 5.54. The van der Waals surface area contributed by atoms with E-state index in [2.05, 4.69) is 27.3 Å². The number of hydrogen-bond acceptors (Lipinski definition) is 4. The maximum atomic E-state index is 11.9. The molecule has 24 heavy (non-hydrogen) atoms. The van der Waals surface area contributed by atoms with Gasteiger partial charge in [-0.05, 0) is 36.6 Å². The van der Waals surface area contributed by atoms with E-state index >= 15 is 0 Å². The minimum Gasteiger partial charge on any atom is -0.481 e. The molecule has 1 fully saturated rings. The van der Waals surface area contributed by atoms with E-state index in [0.717, 1.165) is 19.5 Å². The molecule has 1 aromatic heterocycles. The standard InChI is InChI=1S/C18H20ClN3O2/c19-18-16(7-4-9-20-18)24-13-17(23)21-11-14-8-10-22(12-14)15-5-2-1-3-6-15/h1-7,9,14H,8,10-13H2,(H,21,23)/t14-/m0/s1. The lowest BCUT2D eigenvalue weighted by atomic mass is 10.1. The molecule has 1 aliphatic heterocycles. The van der Waals surface area contributed by atoms with Crippen molar-refractivity contribution < 1.29 is 9.53 Å². The monoisotopic (exact) mass is 345 g/mol. The number of amides is 1. The zero-order valence-corrected chi connectivity index (χ0v) is 14.1. The first-order valence-electron chi connectivity index (χ1n) is 8.02. The molecule has 0 spiro atoms. The minimum absolute atomic E-state index is 0.0550. The lowest BCUT2D eigenvalue weighted by Gasteiger charge is -2.18. The molecule has 0 bridgehead atoms. The average Bonchev–Trinajstić information content (AvgIpc) is 3.09. The third kappa shape index (κ3) is 4.38. The highest BCUT2D eigenvalue weighted by atomic mass is 35.5. The van der Waals surface area contributed by atoms with E-state index in [4.69, 9.17) is 16.3 Å². The number of carbonyl (C=O) groups is 1. The molecule has 1 amide bonds. The molecule has 1 N–H and O–H groups in total. The predicted molar refractivity (Wildman–Crippen MR) is 94.5 cm³/mol. The number of benzene rings is 1. The van der Waals surface area contributed by atoms with Crippen molar-refractivity contribution in [2.75, 3.05) is 31.1 Å². The summed E-state index contributed by atoms with van der Waals surface area (Å²) in [6, 6.07) is 13.8. The second-order valence-electron chi connectivity index (χ2n) is 5.82. The van der Waals surface area contributed by atoms with Crippen LogP contribution in [0.5, 0.6) is 5.75 Å². The molecule has 126 valence electrons. The number of aromatic nitrogens is 1. The molecule has 3 rings (SSSR count). The van der Waals surface area contributed by atoms with Crippen molar-refractivity contribution >= 4 is 23.2 Å². The Morgan fingerprint density at radius 3 is 2.92 bits per heavy atom. The number of rotatable bonds is 6. The summed E-state index contributed by atoms with van der Waals surface area (Å²) in [5.74, 6) is 0.731. The predicted octanol–water partition coefficient (Wildman–Crippen LogP) is 2.76. The smallest absolute Gasteiger partial charge is 0.257 e. The zero-order valence-electron chi connectivity index (χ0n) is 13.3. The molecule has 5 nitrogen and oxygen atoms in total. The molecule has 1 saturated heterocycles. The van der Waals surface area contributed by atoms with Crippen molar-refractivity contribution in [1.29, 1.82) is 0 Å². The highest BCUT2D eigenvalue weighted by molar-refractivity contribution is 6.30. The van der Waals surface area contributed by atoms with Crippen LogP contribution in [0.1, 0.15) is 6.42 Å². The van der Waals surface area contributed by atoms with Crippen molar-refractivity contribution in [3.05, 3.63) is 53.8 Å². The van der Waals surface area contributed by atoms with Gasteiger partial charge in [0, 0.05) is 31.5 Å². The zero-order chi connectivity index (χ0) is 16.8. The fraction of sp³-hybridized carbons (Fsp3) is 0.333. The maximum Gasteiger partial charge on any atom is 0.257 e. The van der Waals surface area contributed by atoms with Crippen LogP contribution < -0.4 is 15.0 Å². The Hall–Kier alpha value is -2.27. The van der Waals surface area contributed by atoms with Gasteiger partial charge in [0.05, 0.1) is 0 Å². The molecule has 1 atom stereocenters.